The van der Waals surface area contributed by atoms with E-state index < -0.39 is 0 Å². The van der Waals surface area contributed by atoms with Crippen LogP contribution >= 0.6 is 15.9 Å². The van der Waals surface area contributed by atoms with E-state index in [-0.39, 0.29) is 0 Å². The zero-order chi connectivity index (χ0) is 12.8. The van der Waals surface area contributed by atoms with Gasteiger partial charge in [0.2, 0.25) is 0 Å². The second-order valence-electron chi connectivity index (χ2n) is 4.60. The highest BCUT2D eigenvalue weighted by molar-refractivity contribution is 9.10. The maximum absolute atomic E-state index is 8.84. The lowest BCUT2D eigenvalue weighted by atomic mass is 10.0. The number of hydrogen-bond donors (Lipinski definition) is 1. The minimum absolute atomic E-state index is 0.449. The molecule has 2 unspecified atom stereocenters. The van der Waals surface area contributed by atoms with Gasteiger partial charge in [-0.05, 0) is 53.4 Å². The van der Waals surface area contributed by atoms with E-state index >= 15 is 0 Å². The molecule has 1 aromatic rings. The van der Waals surface area contributed by atoms with Crippen LogP contribution in [-0.2, 0) is 0 Å². The molecule has 0 aliphatic carbocycles. The van der Waals surface area contributed by atoms with Crippen LogP contribution in [0.3, 0.4) is 0 Å². The van der Waals surface area contributed by atoms with E-state index in [9.17, 15) is 0 Å². The van der Waals surface area contributed by atoms with Gasteiger partial charge in [0.1, 0.15) is 6.07 Å². The zero-order valence-electron chi connectivity index (χ0n) is 10.6. The Morgan fingerprint density at radius 1 is 1.41 bits per heavy atom. The second kappa shape index (κ2) is 6.66. The van der Waals surface area contributed by atoms with Gasteiger partial charge in [-0.15, -0.1) is 0 Å². The molecule has 1 aromatic carbocycles. The minimum atomic E-state index is 0.449. The van der Waals surface area contributed by atoms with Gasteiger partial charge in [-0.3, -0.25) is 0 Å². The average Bonchev–Trinajstić information content (AvgIpc) is 2.29. The summed E-state index contributed by atoms with van der Waals surface area (Å²) in [5.41, 5.74) is 1.73. The van der Waals surface area contributed by atoms with Gasteiger partial charge in [0, 0.05) is 16.2 Å². The Balaban J connectivity index is 2.63. The number of anilines is 1. The summed E-state index contributed by atoms with van der Waals surface area (Å²) in [5.74, 6) is 0.735. The molecule has 2 nitrogen and oxygen atoms in total. The monoisotopic (exact) mass is 294 g/mol. The van der Waals surface area contributed by atoms with E-state index in [1.807, 2.05) is 18.2 Å². The smallest absolute Gasteiger partial charge is 0.100 e. The third kappa shape index (κ3) is 4.40. The van der Waals surface area contributed by atoms with Crippen LogP contribution in [0.2, 0.25) is 0 Å². The van der Waals surface area contributed by atoms with Gasteiger partial charge < -0.3 is 5.32 Å². The topological polar surface area (TPSA) is 35.8 Å². The highest BCUT2D eigenvalue weighted by atomic mass is 79.9. The van der Waals surface area contributed by atoms with E-state index in [1.165, 1.54) is 6.42 Å². The van der Waals surface area contributed by atoms with Crippen LogP contribution in [0.4, 0.5) is 5.69 Å². The summed E-state index contributed by atoms with van der Waals surface area (Å²) in [5, 5.41) is 12.3. The lowest BCUT2D eigenvalue weighted by Gasteiger charge is -2.19. The fourth-order valence-electron chi connectivity index (χ4n) is 1.81. The van der Waals surface area contributed by atoms with Gasteiger partial charge in [0.15, 0.2) is 0 Å². The minimum Gasteiger partial charge on any atom is -0.383 e. The fraction of sp³-hybridized carbons (Fsp3) is 0.500. The number of nitrogens with one attached hydrogen (secondary N) is 1. The van der Waals surface area contributed by atoms with Crippen molar-refractivity contribution in [2.24, 2.45) is 5.92 Å². The van der Waals surface area contributed by atoms with Crippen LogP contribution in [0, 0.1) is 17.2 Å². The molecule has 0 saturated carbocycles. The van der Waals surface area contributed by atoms with E-state index in [1.54, 1.807) is 0 Å². The molecule has 1 rings (SSSR count). The average molecular weight is 295 g/mol. The van der Waals surface area contributed by atoms with Crippen molar-refractivity contribution in [3.63, 3.8) is 0 Å². The van der Waals surface area contributed by atoms with Crippen molar-refractivity contribution in [3.8, 4) is 6.07 Å². The molecular weight excluding hydrogens is 276 g/mol. The highest BCUT2D eigenvalue weighted by Gasteiger charge is 2.08. The first kappa shape index (κ1) is 14.1. The number of hydrogen-bond acceptors (Lipinski definition) is 2. The normalized spacial score (nSPS) is 13.8. The van der Waals surface area contributed by atoms with Crippen molar-refractivity contribution in [1.29, 1.82) is 5.26 Å². The quantitative estimate of drug-likeness (QED) is 0.864. The zero-order valence-corrected chi connectivity index (χ0v) is 12.2. The van der Waals surface area contributed by atoms with Gasteiger partial charge in [-0.2, -0.15) is 5.26 Å². The molecule has 0 bridgehead atoms. The van der Waals surface area contributed by atoms with Crippen molar-refractivity contribution in [2.75, 3.05) is 5.32 Å². The van der Waals surface area contributed by atoms with Gasteiger partial charge in [0.25, 0.3) is 0 Å². The lowest BCUT2D eigenvalue weighted by molar-refractivity contribution is 0.484. The Morgan fingerprint density at radius 2 is 2.12 bits per heavy atom. The molecule has 0 radical (unpaired) electrons. The Hall–Kier alpha value is -1.01. The van der Waals surface area contributed by atoms with Crippen molar-refractivity contribution >= 4 is 21.6 Å². The summed E-state index contributed by atoms with van der Waals surface area (Å²) in [6, 6.07) is 8.35. The molecule has 0 amide bonds. The lowest BCUT2D eigenvalue weighted by Crippen LogP contribution is -2.18. The molecule has 0 saturated heterocycles. The molecule has 0 aliphatic rings. The SMILES string of the molecule is CCC(C)CC(C)Nc1ccc(C#N)c(Br)c1. The van der Waals surface area contributed by atoms with Crippen molar-refractivity contribution in [3.05, 3.63) is 28.2 Å². The predicted molar refractivity (Wildman–Crippen MR) is 76.0 cm³/mol. The van der Waals surface area contributed by atoms with Crippen LogP contribution in [0.15, 0.2) is 22.7 Å². The Morgan fingerprint density at radius 3 is 2.65 bits per heavy atom. The van der Waals surface area contributed by atoms with Crippen molar-refractivity contribution in [2.45, 2.75) is 39.7 Å². The van der Waals surface area contributed by atoms with Crippen molar-refractivity contribution in [1.82, 2.24) is 0 Å². The Kier molecular flexibility index (Phi) is 5.50. The molecular formula is C14H19BrN2. The third-order valence-corrected chi connectivity index (χ3v) is 3.61. The van der Waals surface area contributed by atoms with Crippen LogP contribution in [-0.4, -0.2) is 6.04 Å². The van der Waals surface area contributed by atoms with E-state index in [0.29, 0.717) is 11.6 Å². The summed E-state index contributed by atoms with van der Waals surface area (Å²) in [7, 11) is 0. The first-order valence-corrected chi connectivity index (χ1v) is 6.82. The van der Waals surface area contributed by atoms with Crippen LogP contribution in [0.1, 0.15) is 39.2 Å². The Bertz CT molecular complexity index is 409. The number of benzene rings is 1. The van der Waals surface area contributed by atoms with Crippen LogP contribution < -0.4 is 5.32 Å². The third-order valence-electron chi connectivity index (χ3n) is 2.96. The van der Waals surface area contributed by atoms with E-state index in [4.69, 9.17) is 5.26 Å². The maximum Gasteiger partial charge on any atom is 0.100 e. The van der Waals surface area contributed by atoms with Gasteiger partial charge in [-0.25, -0.2) is 0 Å². The fourth-order valence-corrected chi connectivity index (χ4v) is 2.28. The predicted octanol–water partition coefficient (Wildman–Crippen LogP) is 4.56. The summed E-state index contributed by atoms with van der Waals surface area (Å²) in [6.07, 6.45) is 2.37. The van der Waals surface area contributed by atoms with Crippen molar-refractivity contribution < 1.29 is 0 Å². The van der Waals surface area contributed by atoms with E-state index in [0.717, 1.165) is 22.5 Å². The van der Waals surface area contributed by atoms with Crippen LogP contribution in [0.25, 0.3) is 0 Å². The summed E-state index contributed by atoms with van der Waals surface area (Å²) < 4.78 is 0.848. The first-order valence-electron chi connectivity index (χ1n) is 6.03. The molecule has 0 fully saturated rings. The highest BCUT2D eigenvalue weighted by Crippen LogP contribution is 2.22. The number of nitriles is 1. The number of nitrogens with zero attached hydrogens (tertiary/aromatic N) is 1. The summed E-state index contributed by atoms with van der Waals surface area (Å²) in [4.78, 5) is 0. The van der Waals surface area contributed by atoms with Gasteiger partial charge in [-0.1, -0.05) is 20.3 Å². The van der Waals surface area contributed by atoms with Gasteiger partial charge >= 0.3 is 0 Å². The summed E-state index contributed by atoms with van der Waals surface area (Å²) >= 11 is 3.40. The van der Waals surface area contributed by atoms with Gasteiger partial charge in [0.05, 0.1) is 5.56 Å². The van der Waals surface area contributed by atoms with Crippen LogP contribution in [0.5, 0.6) is 0 Å². The largest absolute Gasteiger partial charge is 0.383 e. The molecule has 0 heterocycles. The second-order valence-corrected chi connectivity index (χ2v) is 5.46. The Labute approximate surface area is 112 Å². The summed E-state index contributed by atoms with van der Waals surface area (Å²) in [6.45, 7) is 6.68. The molecule has 2 atom stereocenters. The molecule has 0 aliphatic heterocycles. The molecule has 3 heteroatoms. The molecule has 17 heavy (non-hydrogen) atoms. The standard InChI is InChI=1S/C14H19BrN2/c1-4-10(2)7-11(3)17-13-6-5-12(9-16)14(15)8-13/h5-6,8,10-11,17H,4,7H2,1-3H3. The molecule has 0 aromatic heterocycles. The van der Waals surface area contributed by atoms with E-state index in [2.05, 4.69) is 48.1 Å². The molecule has 0 spiro atoms. The molecule has 92 valence electrons. The first-order chi connectivity index (χ1) is 8.06. The molecule has 1 N–H and O–H groups in total. The maximum atomic E-state index is 8.84. The number of halogens is 1. The number of rotatable bonds is 5.